The average molecular weight is 385 g/mol. The lowest BCUT2D eigenvalue weighted by Crippen LogP contribution is -2.30. The van der Waals surface area contributed by atoms with Crippen molar-refractivity contribution in [3.8, 4) is 11.1 Å². The Balaban J connectivity index is 2.23. The quantitative estimate of drug-likeness (QED) is 0.360. The lowest BCUT2D eigenvalue weighted by atomic mass is 10.0. The van der Waals surface area contributed by atoms with Gasteiger partial charge in [0.25, 0.3) is 0 Å². The smallest absolute Gasteiger partial charge is 0.186 e. The van der Waals surface area contributed by atoms with Crippen molar-refractivity contribution in [3.05, 3.63) is 60.2 Å². The van der Waals surface area contributed by atoms with Gasteiger partial charge in [0.2, 0.25) is 0 Å². The van der Waals surface area contributed by atoms with Gasteiger partial charge in [-0.15, -0.1) is 0 Å². The van der Waals surface area contributed by atoms with Gasteiger partial charge in [-0.05, 0) is 35.6 Å². The van der Waals surface area contributed by atoms with Gasteiger partial charge < -0.3 is 10.6 Å². The van der Waals surface area contributed by atoms with Crippen LogP contribution in [0.4, 0.5) is 0 Å². The van der Waals surface area contributed by atoms with E-state index in [-0.39, 0.29) is 0 Å². The molecule has 0 amide bonds. The van der Waals surface area contributed by atoms with Crippen LogP contribution < -0.4 is 21.5 Å². The third-order valence-electron chi connectivity index (χ3n) is 3.37. The number of nitrogens with one attached hydrogen (secondary N) is 4. The molecule has 0 unspecified atom stereocenters. The normalized spacial score (nSPS) is 11.1. The van der Waals surface area contributed by atoms with E-state index in [0.717, 1.165) is 16.7 Å². The van der Waals surface area contributed by atoms with Crippen molar-refractivity contribution >= 4 is 46.6 Å². The molecule has 26 heavy (non-hydrogen) atoms. The van der Waals surface area contributed by atoms with Crippen molar-refractivity contribution in [2.24, 2.45) is 10.2 Å². The van der Waals surface area contributed by atoms with E-state index < -0.39 is 0 Å². The largest absolute Gasteiger partial charge is 0.364 e. The first kappa shape index (κ1) is 19.5. The van der Waals surface area contributed by atoms with Gasteiger partial charge in [-0.25, -0.2) is 0 Å². The predicted molar refractivity (Wildman–Crippen MR) is 116 cm³/mol. The Labute approximate surface area is 163 Å². The average Bonchev–Trinajstić information content (AvgIpc) is 2.70. The molecule has 0 spiro atoms. The monoisotopic (exact) mass is 384 g/mol. The van der Waals surface area contributed by atoms with Gasteiger partial charge >= 0.3 is 0 Å². The minimum absolute atomic E-state index is 0.413. The van der Waals surface area contributed by atoms with Gasteiger partial charge in [-0.3, -0.25) is 10.9 Å². The Morgan fingerprint density at radius 1 is 0.808 bits per heavy atom. The molecule has 0 aromatic heterocycles. The molecule has 0 aliphatic rings. The maximum Gasteiger partial charge on any atom is 0.186 e. The summed E-state index contributed by atoms with van der Waals surface area (Å²) in [7, 11) is 3.44. The van der Waals surface area contributed by atoms with Crippen LogP contribution in [0.5, 0.6) is 0 Å². The molecule has 0 atom stereocenters. The highest BCUT2D eigenvalue weighted by Crippen LogP contribution is 2.19. The Morgan fingerprint density at radius 3 is 2.00 bits per heavy atom. The second-order valence-electron chi connectivity index (χ2n) is 5.08. The second kappa shape index (κ2) is 10.2. The summed E-state index contributed by atoms with van der Waals surface area (Å²) in [6.45, 7) is 0. The molecule has 0 aliphatic heterocycles. The molecule has 0 saturated heterocycles. The van der Waals surface area contributed by atoms with Crippen molar-refractivity contribution in [2.75, 3.05) is 14.1 Å². The molecule has 0 heterocycles. The van der Waals surface area contributed by atoms with E-state index in [1.54, 1.807) is 20.3 Å². The Bertz CT molecular complexity index is 800. The molecule has 6 nitrogen and oxygen atoms in total. The number of thiocarbonyl (C=S) groups is 2. The van der Waals surface area contributed by atoms with Crippen LogP contribution in [0.1, 0.15) is 5.56 Å². The van der Waals surface area contributed by atoms with Crippen LogP contribution in [0, 0.1) is 0 Å². The van der Waals surface area contributed by atoms with Gasteiger partial charge in [-0.1, -0.05) is 54.6 Å². The highest BCUT2D eigenvalue weighted by Gasteiger charge is 2.04. The number of nitrogens with zero attached hydrogens (tertiary/aromatic N) is 2. The highest BCUT2D eigenvalue weighted by atomic mass is 32.1. The Morgan fingerprint density at radius 2 is 1.38 bits per heavy atom. The maximum absolute atomic E-state index is 5.06. The summed E-state index contributed by atoms with van der Waals surface area (Å²) in [6, 6.07) is 18.2. The zero-order valence-electron chi connectivity index (χ0n) is 14.5. The molecule has 134 valence electrons. The fourth-order valence-corrected chi connectivity index (χ4v) is 2.11. The van der Waals surface area contributed by atoms with Crippen molar-refractivity contribution in [1.82, 2.24) is 21.5 Å². The topological polar surface area (TPSA) is 72.8 Å². The Hall–Kier alpha value is -2.84. The van der Waals surface area contributed by atoms with Gasteiger partial charge in [0, 0.05) is 19.7 Å². The summed E-state index contributed by atoms with van der Waals surface area (Å²) >= 11 is 10.1. The third-order valence-corrected chi connectivity index (χ3v) is 3.96. The van der Waals surface area contributed by atoms with Gasteiger partial charge in [0.15, 0.2) is 10.2 Å². The zero-order valence-corrected chi connectivity index (χ0v) is 16.1. The second-order valence-corrected chi connectivity index (χ2v) is 5.90. The lowest BCUT2D eigenvalue weighted by molar-refractivity contribution is 0.972. The molecular weight excluding hydrogens is 364 g/mol. The standard InChI is InChI=1S/C18H20N6S2/c1-19-17(25)23-21-12-16(22-24-18(26)20-2)15-10-8-14(9-11-15)13-6-4-3-5-7-13/h3-12H,1-2H3,(H2,19,23,25)(H2,20,24,26)/b21-12+,22-16+. The van der Waals surface area contributed by atoms with E-state index in [0.29, 0.717) is 15.9 Å². The highest BCUT2D eigenvalue weighted by molar-refractivity contribution is 7.80. The van der Waals surface area contributed by atoms with Gasteiger partial charge in [0.05, 0.1) is 6.21 Å². The predicted octanol–water partition coefficient (Wildman–Crippen LogP) is 2.23. The van der Waals surface area contributed by atoms with Crippen LogP contribution in [0.2, 0.25) is 0 Å². The summed E-state index contributed by atoms with van der Waals surface area (Å²) in [5, 5.41) is 14.8. The number of hydrogen-bond acceptors (Lipinski definition) is 4. The molecule has 0 fully saturated rings. The van der Waals surface area contributed by atoms with E-state index in [2.05, 4.69) is 43.8 Å². The summed E-state index contributed by atoms with van der Waals surface area (Å²) in [5.41, 5.74) is 9.24. The molecule has 0 radical (unpaired) electrons. The van der Waals surface area contributed by atoms with E-state index in [4.69, 9.17) is 24.4 Å². The molecule has 0 aliphatic carbocycles. The molecular formula is C18H20N6S2. The van der Waals surface area contributed by atoms with Crippen LogP contribution in [-0.4, -0.2) is 36.2 Å². The van der Waals surface area contributed by atoms with E-state index in [9.17, 15) is 0 Å². The Kier molecular flexibility index (Phi) is 7.66. The summed E-state index contributed by atoms with van der Waals surface area (Å²) in [5.74, 6) is 0. The molecule has 0 bridgehead atoms. The molecule has 2 aromatic carbocycles. The fraction of sp³-hybridized carbons (Fsp3) is 0.111. The fourth-order valence-electron chi connectivity index (χ4n) is 2.01. The first-order chi connectivity index (χ1) is 12.6. The first-order valence-electron chi connectivity index (χ1n) is 7.86. The molecule has 0 saturated carbocycles. The minimum atomic E-state index is 0.413. The SMILES string of the molecule is CNC(=S)N/N=C(\C=N\NC(=S)NC)c1ccc(-c2ccccc2)cc1. The summed E-state index contributed by atoms with van der Waals surface area (Å²) in [4.78, 5) is 0. The van der Waals surface area contributed by atoms with Gasteiger partial charge in [0.1, 0.15) is 5.71 Å². The van der Waals surface area contributed by atoms with Gasteiger partial charge in [-0.2, -0.15) is 10.2 Å². The third kappa shape index (κ3) is 5.91. The van der Waals surface area contributed by atoms with Crippen LogP contribution in [0.15, 0.2) is 64.8 Å². The van der Waals surface area contributed by atoms with Crippen molar-refractivity contribution in [2.45, 2.75) is 0 Å². The van der Waals surface area contributed by atoms with Crippen LogP contribution in [0.25, 0.3) is 11.1 Å². The lowest BCUT2D eigenvalue weighted by Gasteiger charge is -2.07. The molecule has 2 aromatic rings. The van der Waals surface area contributed by atoms with Crippen LogP contribution in [-0.2, 0) is 0 Å². The van der Waals surface area contributed by atoms with Crippen molar-refractivity contribution in [1.29, 1.82) is 0 Å². The first-order valence-corrected chi connectivity index (χ1v) is 8.67. The molecule has 2 rings (SSSR count). The van der Waals surface area contributed by atoms with Crippen molar-refractivity contribution in [3.63, 3.8) is 0 Å². The summed E-state index contributed by atoms with van der Waals surface area (Å²) < 4.78 is 0. The number of hydrogen-bond donors (Lipinski definition) is 4. The van der Waals surface area contributed by atoms with Crippen molar-refractivity contribution < 1.29 is 0 Å². The zero-order chi connectivity index (χ0) is 18.8. The van der Waals surface area contributed by atoms with Crippen LogP contribution >= 0.6 is 24.4 Å². The number of hydrazone groups is 2. The van der Waals surface area contributed by atoms with E-state index in [1.165, 1.54) is 0 Å². The van der Waals surface area contributed by atoms with E-state index in [1.807, 2.05) is 42.5 Å². The summed E-state index contributed by atoms with van der Waals surface area (Å²) in [6.07, 6.45) is 1.58. The molecule has 4 N–H and O–H groups in total. The molecule has 8 heteroatoms. The number of benzene rings is 2. The van der Waals surface area contributed by atoms with Crippen LogP contribution in [0.3, 0.4) is 0 Å². The minimum Gasteiger partial charge on any atom is -0.364 e. The maximum atomic E-state index is 5.06. The van der Waals surface area contributed by atoms with E-state index >= 15 is 0 Å². The number of rotatable bonds is 5.